The largest absolute Gasteiger partial charge is 0.344 e. The summed E-state index contributed by atoms with van der Waals surface area (Å²) in [7, 11) is 0. The third-order valence-electron chi connectivity index (χ3n) is 4.62. The van der Waals surface area contributed by atoms with Crippen LogP contribution in [0, 0.1) is 5.82 Å². The number of thiazole rings is 1. The molecule has 2 N–H and O–H groups in total. The van der Waals surface area contributed by atoms with Crippen LogP contribution in [0.1, 0.15) is 46.0 Å². The second-order valence-corrected chi connectivity index (χ2v) is 7.32. The van der Waals surface area contributed by atoms with Crippen LogP contribution < -0.4 is 5.32 Å². The van der Waals surface area contributed by atoms with Crippen molar-refractivity contribution in [2.75, 3.05) is 0 Å². The summed E-state index contributed by atoms with van der Waals surface area (Å²) in [6, 6.07) is 6.55. The molecular formula is C19H19FN4OS. The van der Waals surface area contributed by atoms with Gasteiger partial charge in [0, 0.05) is 22.2 Å². The first-order valence-electron chi connectivity index (χ1n) is 8.76. The Balaban J connectivity index is 1.44. The average Bonchev–Trinajstić information content (AvgIpc) is 3.21. The molecule has 1 amide bonds. The average molecular weight is 370 g/mol. The number of fused-ring (bicyclic) bond motifs is 1. The number of aromatic amines is 1. The van der Waals surface area contributed by atoms with E-state index >= 15 is 0 Å². The van der Waals surface area contributed by atoms with Gasteiger partial charge in [0.1, 0.15) is 10.8 Å². The van der Waals surface area contributed by atoms with Gasteiger partial charge >= 0.3 is 0 Å². The van der Waals surface area contributed by atoms with Crippen molar-refractivity contribution in [2.45, 2.75) is 38.6 Å². The molecule has 26 heavy (non-hydrogen) atoms. The number of H-pyrrole nitrogens is 1. The van der Waals surface area contributed by atoms with E-state index in [1.165, 1.54) is 23.8 Å². The summed E-state index contributed by atoms with van der Waals surface area (Å²) in [5.41, 5.74) is 3.69. The number of carbonyl (C=O) groups is 1. The molecule has 4 rings (SSSR count). The Hall–Kier alpha value is -2.54. The fourth-order valence-electron chi connectivity index (χ4n) is 3.27. The smallest absolute Gasteiger partial charge is 0.272 e. The molecule has 0 saturated carbocycles. The number of aromatic nitrogens is 3. The number of hydrogen-bond acceptors (Lipinski definition) is 4. The highest BCUT2D eigenvalue weighted by Gasteiger charge is 2.21. The van der Waals surface area contributed by atoms with Gasteiger partial charge in [-0.05, 0) is 37.8 Å². The number of rotatable bonds is 4. The van der Waals surface area contributed by atoms with Gasteiger partial charge in [-0.2, -0.15) is 5.10 Å². The number of aryl methyl sites for hydroxylation is 1. The Morgan fingerprint density at radius 1 is 1.23 bits per heavy atom. The monoisotopic (exact) mass is 370 g/mol. The fourth-order valence-corrected chi connectivity index (χ4v) is 4.00. The molecule has 2 aromatic heterocycles. The number of benzene rings is 1. The van der Waals surface area contributed by atoms with Crippen LogP contribution in [0.2, 0.25) is 0 Å². The highest BCUT2D eigenvalue weighted by molar-refractivity contribution is 7.09. The molecule has 0 atom stereocenters. The first-order chi connectivity index (χ1) is 12.7. The molecule has 1 aliphatic rings. The van der Waals surface area contributed by atoms with E-state index in [2.05, 4.69) is 20.5 Å². The van der Waals surface area contributed by atoms with Gasteiger partial charge < -0.3 is 5.32 Å². The normalized spacial score (nSPS) is 13.9. The van der Waals surface area contributed by atoms with E-state index in [1.54, 1.807) is 23.6 Å². The van der Waals surface area contributed by atoms with Gasteiger partial charge in [-0.3, -0.25) is 9.89 Å². The molecule has 1 aromatic carbocycles. The Kier molecular flexibility index (Phi) is 4.79. The van der Waals surface area contributed by atoms with Crippen LogP contribution in [0.5, 0.6) is 0 Å². The van der Waals surface area contributed by atoms with Crippen molar-refractivity contribution in [3.05, 3.63) is 57.4 Å². The molecule has 3 aromatic rings. The molecule has 7 heteroatoms. The summed E-state index contributed by atoms with van der Waals surface area (Å²) >= 11 is 1.40. The molecule has 0 saturated heterocycles. The molecule has 0 unspecified atom stereocenters. The van der Waals surface area contributed by atoms with Crippen molar-refractivity contribution < 1.29 is 9.18 Å². The number of halogens is 1. The molecule has 0 spiro atoms. The molecule has 134 valence electrons. The van der Waals surface area contributed by atoms with Gasteiger partial charge in [-0.15, -0.1) is 11.3 Å². The minimum absolute atomic E-state index is 0.188. The van der Waals surface area contributed by atoms with Gasteiger partial charge in [0.2, 0.25) is 0 Å². The highest BCUT2D eigenvalue weighted by atomic mass is 32.1. The van der Waals surface area contributed by atoms with E-state index in [0.29, 0.717) is 23.5 Å². The Bertz CT molecular complexity index is 933. The first-order valence-corrected chi connectivity index (χ1v) is 9.64. The van der Waals surface area contributed by atoms with E-state index in [4.69, 9.17) is 0 Å². The van der Waals surface area contributed by atoms with Crippen LogP contribution >= 0.6 is 11.3 Å². The third-order valence-corrected chi connectivity index (χ3v) is 5.47. The number of carbonyl (C=O) groups excluding carboxylic acids is 1. The Morgan fingerprint density at radius 3 is 2.96 bits per heavy atom. The van der Waals surface area contributed by atoms with Crippen LogP contribution in [0.4, 0.5) is 4.39 Å². The summed E-state index contributed by atoms with van der Waals surface area (Å²) in [6.07, 6.45) is 5.25. The minimum atomic E-state index is -0.299. The molecule has 0 aliphatic heterocycles. The van der Waals surface area contributed by atoms with Gasteiger partial charge in [-0.1, -0.05) is 18.6 Å². The lowest BCUT2D eigenvalue weighted by Crippen LogP contribution is -2.24. The van der Waals surface area contributed by atoms with Gasteiger partial charge in [-0.25, -0.2) is 9.37 Å². The third kappa shape index (κ3) is 3.39. The van der Waals surface area contributed by atoms with Crippen LogP contribution in [0.3, 0.4) is 0 Å². The number of hydrogen-bond donors (Lipinski definition) is 2. The summed E-state index contributed by atoms with van der Waals surface area (Å²) in [6.45, 7) is 0.305. The molecule has 0 fully saturated rings. The second kappa shape index (κ2) is 7.37. The summed E-state index contributed by atoms with van der Waals surface area (Å²) in [5.74, 6) is -0.486. The maximum absolute atomic E-state index is 13.9. The first kappa shape index (κ1) is 16.9. The van der Waals surface area contributed by atoms with Gasteiger partial charge in [0.15, 0.2) is 5.69 Å². The Morgan fingerprint density at radius 2 is 2.08 bits per heavy atom. The lowest BCUT2D eigenvalue weighted by atomic mass is 10.1. The van der Waals surface area contributed by atoms with Crippen molar-refractivity contribution in [1.82, 2.24) is 20.5 Å². The molecule has 5 nitrogen and oxygen atoms in total. The predicted octanol–water partition coefficient (Wildman–Crippen LogP) is 3.87. The van der Waals surface area contributed by atoms with Crippen molar-refractivity contribution in [1.29, 1.82) is 0 Å². The van der Waals surface area contributed by atoms with Crippen molar-refractivity contribution in [3.8, 4) is 11.3 Å². The predicted molar refractivity (Wildman–Crippen MR) is 98.5 cm³/mol. The lowest BCUT2D eigenvalue weighted by molar-refractivity contribution is 0.0945. The zero-order chi connectivity index (χ0) is 17.9. The molecule has 0 bridgehead atoms. The summed E-state index contributed by atoms with van der Waals surface area (Å²) < 4.78 is 13.9. The molecule has 2 heterocycles. The SMILES string of the molecule is O=C(NCc1nc(-c2ccccc2F)cs1)c1n[nH]c2c1CCCCC2. The van der Waals surface area contributed by atoms with Crippen LogP contribution in [-0.2, 0) is 19.4 Å². The maximum Gasteiger partial charge on any atom is 0.272 e. The molecule has 0 radical (unpaired) electrons. The van der Waals surface area contributed by atoms with Crippen molar-refractivity contribution in [3.63, 3.8) is 0 Å². The van der Waals surface area contributed by atoms with Crippen molar-refractivity contribution in [2.24, 2.45) is 0 Å². The lowest BCUT2D eigenvalue weighted by Gasteiger charge is -2.03. The molecule has 1 aliphatic carbocycles. The van der Waals surface area contributed by atoms with Gasteiger partial charge in [0.25, 0.3) is 5.91 Å². The summed E-state index contributed by atoms with van der Waals surface area (Å²) in [5, 5.41) is 12.6. The number of nitrogens with zero attached hydrogens (tertiary/aromatic N) is 2. The van der Waals surface area contributed by atoms with E-state index in [0.717, 1.165) is 41.9 Å². The highest BCUT2D eigenvalue weighted by Crippen LogP contribution is 2.25. The fraction of sp³-hybridized carbons (Fsp3) is 0.316. The van der Waals surface area contributed by atoms with Gasteiger partial charge in [0.05, 0.1) is 12.2 Å². The zero-order valence-electron chi connectivity index (χ0n) is 14.2. The Labute approximate surface area is 154 Å². The number of amides is 1. The van der Waals surface area contributed by atoms with Crippen LogP contribution in [0.25, 0.3) is 11.3 Å². The van der Waals surface area contributed by atoms with Crippen LogP contribution in [0.15, 0.2) is 29.6 Å². The van der Waals surface area contributed by atoms with E-state index in [1.807, 2.05) is 0 Å². The zero-order valence-corrected chi connectivity index (χ0v) is 15.0. The maximum atomic E-state index is 13.9. The van der Waals surface area contributed by atoms with E-state index in [9.17, 15) is 9.18 Å². The van der Waals surface area contributed by atoms with E-state index in [-0.39, 0.29) is 11.7 Å². The van der Waals surface area contributed by atoms with Crippen molar-refractivity contribution >= 4 is 17.2 Å². The quantitative estimate of drug-likeness (QED) is 0.685. The second-order valence-electron chi connectivity index (χ2n) is 6.38. The standard InChI is InChI=1S/C19H19FN4OS/c20-14-8-5-4-6-12(14)16-11-26-17(22-16)10-21-19(25)18-13-7-2-1-3-9-15(13)23-24-18/h4-6,8,11H,1-3,7,9-10H2,(H,21,25)(H,23,24). The molecular weight excluding hydrogens is 351 g/mol. The van der Waals surface area contributed by atoms with Crippen LogP contribution in [-0.4, -0.2) is 21.1 Å². The summed E-state index contributed by atoms with van der Waals surface area (Å²) in [4.78, 5) is 17.0. The number of nitrogens with one attached hydrogen (secondary N) is 2. The topological polar surface area (TPSA) is 70.7 Å². The minimum Gasteiger partial charge on any atom is -0.344 e. The van der Waals surface area contributed by atoms with E-state index < -0.39 is 0 Å².